The van der Waals surface area contributed by atoms with Gasteiger partial charge in [-0.3, -0.25) is 0 Å². The number of piperazine rings is 1. The second kappa shape index (κ2) is 8.59. The zero-order chi connectivity index (χ0) is 20.3. The molecule has 2 aromatic carbocycles. The monoisotopic (exact) mass is 424 g/mol. The first kappa shape index (κ1) is 19.3. The Hall–Kier alpha value is -2.68. The van der Waals surface area contributed by atoms with Gasteiger partial charge in [0.1, 0.15) is 12.4 Å². The topological polar surface area (TPSA) is 58.1 Å². The van der Waals surface area contributed by atoms with Gasteiger partial charge in [0.05, 0.1) is 16.8 Å². The Morgan fingerprint density at radius 3 is 2.53 bits per heavy atom. The number of hydrogen-bond acceptors (Lipinski definition) is 7. The summed E-state index contributed by atoms with van der Waals surface area (Å²) in [7, 11) is 0. The lowest BCUT2D eigenvalue weighted by Gasteiger charge is -2.38. The van der Waals surface area contributed by atoms with E-state index in [2.05, 4.69) is 33.1 Å². The van der Waals surface area contributed by atoms with Crippen molar-refractivity contribution in [1.29, 1.82) is 0 Å². The minimum atomic E-state index is -0.211. The van der Waals surface area contributed by atoms with Crippen molar-refractivity contribution in [3.63, 3.8) is 0 Å². The summed E-state index contributed by atoms with van der Waals surface area (Å²) < 4.78 is 12.1. The van der Waals surface area contributed by atoms with Crippen LogP contribution >= 0.6 is 11.3 Å². The van der Waals surface area contributed by atoms with Gasteiger partial charge in [0.15, 0.2) is 0 Å². The minimum Gasteiger partial charge on any atom is -0.447 e. The van der Waals surface area contributed by atoms with Gasteiger partial charge < -0.3 is 14.4 Å². The smallest absolute Gasteiger partial charge is 0.424 e. The first-order valence-electron chi connectivity index (χ1n) is 10.3. The van der Waals surface area contributed by atoms with Gasteiger partial charge in [-0.15, -0.1) is 0 Å². The zero-order valence-corrected chi connectivity index (χ0v) is 17.5. The quantitative estimate of drug-likeness (QED) is 0.603. The molecule has 8 heteroatoms. The van der Waals surface area contributed by atoms with E-state index in [-0.39, 0.29) is 6.09 Å². The molecule has 0 saturated carbocycles. The van der Waals surface area contributed by atoms with Gasteiger partial charge in [-0.1, -0.05) is 35.6 Å². The van der Waals surface area contributed by atoms with Crippen molar-refractivity contribution in [2.24, 2.45) is 0 Å². The fourth-order valence-corrected chi connectivity index (χ4v) is 4.69. The second-order valence-electron chi connectivity index (χ2n) is 7.48. The van der Waals surface area contributed by atoms with Gasteiger partial charge in [0.25, 0.3) is 5.19 Å². The number of amides is 1. The summed E-state index contributed by atoms with van der Waals surface area (Å²) >= 11 is 1.56. The number of carbonyl (C=O) groups is 1. The maximum Gasteiger partial charge on any atom is 0.424 e. The number of fused-ring (bicyclic) bond motifs is 1. The number of hydrazine groups is 1. The molecule has 0 radical (unpaired) electrons. The first-order valence-corrected chi connectivity index (χ1v) is 11.1. The van der Waals surface area contributed by atoms with E-state index < -0.39 is 0 Å². The molecule has 1 aromatic heterocycles. The number of para-hydroxylation sites is 1. The Morgan fingerprint density at radius 2 is 1.80 bits per heavy atom. The van der Waals surface area contributed by atoms with Crippen LogP contribution in [-0.4, -0.2) is 71.9 Å². The molecular formula is C22H24N4O3S. The number of aromatic nitrogens is 1. The van der Waals surface area contributed by atoms with Crippen LogP contribution in [0.5, 0.6) is 10.9 Å². The third-order valence-corrected chi connectivity index (χ3v) is 6.46. The minimum absolute atomic E-state index is 0.211. The van der Waals surface area contributed by atoms with Crippen LogP contribution in [0.3, 0.4) is 0 Å². The molecule has 7 nitrogen and oxygen atoms in total. The number of hydrogen-bond donors (Lipinski definition) is 0. The van der Waals surface area contributed by atoms with Gasteiger partial charge in [0, 0.05) is 32.7 Å². The summed E-state index contributed by atoms with van der Waals surface area (Å²) in [6.07, 6.45) is 0.782. The highest BCUT2D eigenvalue weighted by Gasteiger charge is 2.30. The molecule has 156 valence electrons. The van der Waals surface area contributed by atoms with Crippen molar-refractivity contribution in [3.8, 4) is 10.9 Å². The Labute approximate surface area is 179 Å². The molecule has 0 N–H and O–H groups in total. The maximum absolute atomic E-state index is 11.7. The molecule has 0 unspecified atom stereocenters. The Morgan fingerprint density at radius 1 is 1.00 bits per heavy atom. The molecule has 2 saturated heterocycles. The standard InChI is InChI=1S/C22H24N4O3S/c27-22-26(15-16-28-22)25-13-11-24(12-14-25)10-9-17-5-7-18(8-6-17)29-21-23-19-3-1-2-4-20(19)30-21/h1-8H,9-16H2. The fraction of sp³-hybridized carbons (Fsp3) is 0.364. The number of cyclic esters (lactones) is 1. The molecule has 2 aliphatic rings. The van der Waals surface area contributed by atoms with Gasteiger partial charge in [-0.25, -0.2) is 19.8 Å². The number of carbonyl (C=O) groups excluding carboxylic acids is 1. The maximum atomic E-state index is 11.7. The molecule has 5 rings (SSSR count). The third kappa shape index (κ3) is 4.26. The second-order valence-corrected chi connectivity index (χ2v) is 8.47. The van der Waals surface area contributed by atoms with Crippen LogP contribution in [0.4, 0.5) is 4.79 Å². The van der Waals surface area contributed by atoms with E-state index in [1.54, 1.807) is 16.3 Å². The van der Waals surface area contributed by atoms with E-state index in [0.29, 0.717) is 18.3 Å². The largest absolute Gasteiger partial charge is 0.447 e. The summed E-state index contributed by atoms with van der Waals surface area (Å²) in [5, 5.41) is 4.52. The van der Waals surface area contributed by atoms with Crippen molar-refractivity contribution in [2.75, 3.05) is 45.9 Å². The summed E-state index contributed by atoms with van der Waals surface area (Å²) in [6.45, 7) is 5.83. The van der Waals surface area contributed by atoms with Gasteiger partial charge >= 0.3 is 6.09 Å². The Bertz CT molecular complexity index is 982. The first-order chi connectivity index (χ1) is 14.7. The van der Waals surface area contributed by atoms with Crippen LogP contribution in [0.2, 0.25) is 0 Å². The molecule has 3 heterocycles. The number of ether oxygens (including phenoxy) is 2. The van der Waals surface area contributed by atoms with Crippen LogP contribution in [0.25, 0.3) is 10.2 Å². The van der Waals surface area contributed by atoms with Crippen LogP contribution in [-0.2, 0) is 11.2 Å². The fourth-order valence-electron chi connectivity index (χ4n) is 3.85. The van der Waals surface area contributed by atoms with Gasteiger partial charge in [0.2, 0.25) is 0 Å². The molecule has 0 bridgehead atoms. The predicted octanol–water partition coefficient (Wildman–Crippen LogP) is 3.62. The molecule has 2 fully saturated rings. The van der Waals surface area contributed by atoms with E-state index in [0.717, 1.165) is 55.1 Å². The average Bonchev–Trinajstić information content (AvgIpc) is 3.39. The highest BCUT2D eigenvalue weighted by atomic mass is 32.1. The molecule has 0 aliphatic carbocycles. The molecule has 1 amide bonds. The lowest BCUT2D eigenvalue weighted by Crippen LogP contribution is -2.54. The van der Waals surface area contributed by atoms with Gasteiger partial charge in [-0.2, -0.15) is 0 Å². The Balaban J connectivity index is 1.10. The Kier molecular flexibility index (Phi) is 5.52. The van der Waals surface area contributed by atoms with E-state index in [1.807, 2.05) is 30.3 Å². The number of nitrogens with zero attached hydrogens (tertiary/aromatic N) is 4. The number of rotatable bonds is 6. The number of benzene rings is 2. The van der Waals surface area contributed by atoms with Crippen molar-refractivity contribution in [1.82, 2.24) is 19.9 Å². The molecule has 0 spiro atoms. The molecular weight excluding hydrogens is 400 g/mol. The van der Waals surface area contributed by atoms with E-state index in [9.17, 15) is 4.79 Å². The SMILES string of the molecule is O=C1OCCN1N1CCN(CCc2ccc(Oc3nc4ccccc4s3)cc2)CC1. The van der Waals surface area contributed by atoms with E-state index in [4.69, 9.17) is 9.47 Å². The van der Waals surface area contributed by atoms with Crippen molar-refractivity contribution in [2.45, 2.75) is 6.42 Å². The average molecular weight is 425 g/mol. The molecule has 0 atom stereocenters. The normalized spacial score (nSPS) is 18.1. The van der Waals surface area contributed by atoms with Gasteiger partial charge in [-0.05, 0) is 36.2 Å². The highest BCUT2D eigenvalue weighted by molar-refractivity contribution is 7.20. The third-order valence-electron chi connectivity index (χ3n) is 5.55. The molecule has 3 aromatic rings. The van der Waals surface area contributed by atoms with Crippen molar-refractivity contribution in [3.05, 3.63) is 54.1 Å². The summed E-state index contributed by atoms with van der Waals surface area (Å²) in [6, 6.07) is 16.3. The predicted molar refractivity (Wildman–Crippen MR) is 116 cm³/mol. The van der Waals surface area contributed by atoms with Crippen molar-refractivity contribution < 1.29 is 14.3 Å². The highest BCUT2D eigenvalue weighted by Crippen LogP contribution is 2.31. The molecule has 2 aliphatic heterocycles. The van der Waals surface area contributed by atoms with Crippen molar-refractivity contribution >= 4 is 27.6 Å². The summed E-state index contributed by atoms with van der Waals surface area (Å²) in [5.74, 6) is 0.809. The van der Waals surface area contributed by atoms with E-state index in [1.165, 1.54) is 5.56 Å². The lowest BCUT2D eigenvalue weighted by molar-refractivity contribution is -0.0151. The lowest BCUT2D eigenvalue weighted by atomic mass is 10.1. The number of thiazole rings is 1. The van der Waals surface area contributed by atoms with Crippen LogP contribution in [0.1, 0.15) is 5.56 Å². The zero-order valence-electron chi connectivity index (χ0n) is 16.7. The summed E-state index contributed by atoms with van der Waals surface area (Å²) in [5.41, 5.74) is 2.26. The van der Waals surface area contributed by atoms with Crippen LogP contribution in [0.15, 0.2) is 48.5 Å². The van der Waals surface area contributed by atoms with Crippen LogP contribution in [0, 0.1) is 0 Å². The van der Waals surface area contributed by atoms with E-state index >= 15 is 0 Å². The van der Waals surface area contributed by atoms with Crippen LogP contribution < -0.4 is 4.74 Å². The summed E-state index contributed by atoms with van der Waals surface area (Å²) in [4.78, 5) is 18.7. The molecule has 30 heavy (non-hydrogen) atoms.